The van der Waals surface area contributed by atoms with Crippen molar-refractivity contribution < 1.29 is 18.2 Å². The number of carbonyl (C=O) groups is 1. The number of furan rings is 1. The summed E-state index contributed by atoms with van der Waals surface area (Å²) in [6, 6.07) is 18.2. The molecule has 0 radical (unpaired) electrons. The molecular formula is C23H23ClN2O4S. The van der Waals surface area contributed by atoms with E-state index in [1.165, 1.54) is 0 Å². The van der Waals surface area contributed by atoms with Gasteiger partial charge in [0, 0.05) is 41.8 Å². The van der Waals surface area contributed by atoms with Crippen molar-refractivity contribution in [3.05, 3.63) is 77.2 Å². The van der Waals surface area contributed by atoms with Crippen LogP contribution in [0.15, 0.2) is 70.0 Å². The number of benzene rings is 2. The normalized spacial score (nSPS) is 15.0. The first kappa shape index (κ1) is 21.5. The second kappa shape index (κ2) is 9.58. The van der Waals surface area contributed by atoms with Crippen molar-refractivity contribution in [2.45, 2.75) is 10.6 Å². The van der Waals surface area contributed by atoms with E-state index < -0.39 is 10.8 Å². The molecule has 0 bridgehead atoms. The van der Waals surface area contributed by atoms with E-state index in [9.17, 15) is 9.00 Å². The Hall–Kier alpha value is -2.77. The maximum Gasteiger partial charge on any atom is 0.289 e. The van der Waals surface area contributed by atoms with Crippen molar-refractivity contribution >= 4 is 34.0 Å². The third-order valence-corrected chi connectivity index (χ3v) is 6.77. The van der Waals surface area contributed by atoms with Gasteiger partial charge in [-0.2, -0.15) is 0 Å². The molecule has 1 aliphatic rings. The number of ether oxygens (including phenoxy) is 1. The summed E-state index contributed by atoms with van der Waals surface area (Å²) in [4.78, 5) is 17.5. The van der Waals surface area contributed by atoms with Gasteiger partial charge in [0.2, 0.25) is 0 Å². The smallest absolute Gasteiger partial charge is 0.289 e. The zero-order valence-corrected chi connectivity index (χ0v) is 18.7. The summed E-state index contributed by atoms with van der Waals surface area (Å²) in [5.74, 6) is 1.66. The molecule has 1 aliphatic heterocycles. The molecule has 0 N–H and O–H groups in total. The Morgan fingerprint density at radius 1 is 1.06 bits per heavy atom. The molecule has 0 aliphatic carbocycles. The first-order chi connectivity index (χ1) is 15.0. The van der Waals surface area contributed by atoms with E-state index in [2.05, 4.69) is 4.90 Å². The minimum absolute atomic E-state index is 0.144. The summed E-state index contributed by atoms with van der Waals surface area (Å²) in [5.41, 5.74) is 1.11. The quantitative estimate of drug-likeness (QED) is 0.553. The lowest BCUT2D eigenvalue weighted by atomic mass is 10.2. The maximum atomic E-state index is 12.8. The number of nitrogens with zero attached hydrogens (tertiary/aromatic N) is 2. The SMILES string of the molecule is COc1ccc(N2CCN(C(=O)c3ccc(C[S@](=O)c4cccc(Cl)c4)o3)CC2)cc1. The van der Waals surface area contributed by atoms with Gasteiger partial charge in [-0.15, -0.1) is 0 Å². The predicted octanol–water partition coefficient (Wildman–Crippen LogP) is 4.21. The monoisotopic (exact) mass is 458 g/mol. The number of hydrogen-bond acceptors (Lipinski definition) is 5. The molecule has 2 aromatic carbocycles. The molecule has 0 saturated carbocycles. The lowest BCUT2D eigenvalue weighted by molar-refractivity contribution is 0.0713. The molecule has 8 heteroatoms. The lowest BCUT2D eigenvalue weighted by Crippen LogP contribution is -2.48. The third-order valence-electron chi connectivity index (χ3n) is 5.21. The van der Waals surface area contributed by atoms with E-state index >= 15 is 0 Å². The van der Waals surface area contributed by atoms with Crippen LogP contribution in [0, 0.1) is 0 Å². The zero-order valence-electron chi connectivity index (χ0n) is 17.1. The average Bonchev–Trinajstić information content (AvgIpc) is 3.27. The van der Waals surface area contributed by atoms with Gasteiger partial charge in [0.1, 0.15) is 11.5 Å². The molecule has 0 unspecified atom stereocenters. The highest BCUT2D eigenvalue weighted by molar-refractivity contribution is 7.84. The number of hydrogen-bond donors (Lipinski definition) is 0. The molecule has 2 heterocycles. The lowest BCUT2D eigenvalue weighted by Gasteiger charge is -2.35. The third kappa shape index (κ3) is 5.11. The highest BCUT2D eigenvalue weighted by atomic mass is 35.5. The molecule has 1 saturated heterocycles. The summed E-state index contributed by atoms with van der Waals surface area (Å²) in [6.45, 7) is 2.69. The van der Waals surface area contributed by atoms with Gasteiger partial charge < -0.3 is 19.0 Å². The maximum absolute atomic E-state index is 12.8. The summed E-state index contributed by atoms with van der Waals surface area (Å²) in [5, 5.41) is 0.537. The van der Waals surface area contributed by atoms with Crippen molar-refractivity contribution in [1.82, 2.24) is 4.90 Å². The number of rotatable bonds is 6. The van der Waals surface area contributed by atoms with Gasteiger partial charge in [-0.05, 0) is 54.6 Å². The molecule has 1 amide bonds. The minimum atomic E-state index is -1.30. The first-order valence-electron chi connectivity index (χ1n) is 9.94. The van der Waals surface area contributed by atoms with Crippen LogP contribution in [0.4, 0.5) is 5.69 Å². The second-order valence-electron chi connectivity index (χ2n) is 7.19. The van der Waals surface area contributed by atoms with E-state index in [-0.39, 0.29) is 17.4 Å². The molecule has 1 atom stereocenters. The fourth-order valence-corrected chi connectivity index (χ4v) is 4.83. The van der Waals surface area contributed by atoms with Crippen molar-refractivity contribution in [2.24, 2.45) is 0 Å². The summed E-state index contributed by atoms with van der Waals surface area (Å²) in [7, 11) is 0.351. The Labute approximate surface area is 188 Å². The fourth-order valence-electron chi connectivity index (χ4n) is 3.51. The molecular weight excluding hydrogens is 436 g/mol. The Bertz CT molecular complexity index is 1080. The molecule has 3 aromatic rings. The van der Waals surface area contributed by atoms with Crippen LogP contribution in [-0.2, 0) is 16.6 Å². The van der Waals surface area contributed by atoms with E-state index in [1.807, 2.05) is 24.3 Å². The first-order valence-corrected chi connectivity index (χ1v) is 11.6. The van der Waals surface area contributed by atoms with Crippen LogP contribution >= 0.6 is 11.6 Å². The standard InChI is InChI=1S/C23H23ClN2O4S/c1-29-19-7-5-18(6-8-19)25-11-13-26(14-12-25)23(27)22-10-9-20(30-22)16-31(28)21-4-2-3-17(24)15-21/h2-10,15H,11-14,16H2,1H3/t31-/m0/s1. The van der Waals surface area contributed by atoms with E-state index in [4.69, 9.17) is 20.8 Å². The molecule has 0 spiro atoms. The Kier molecular flexibility index (Phi) is 6.63. The topological polar surface area (TPSA) is 63.0 Å². The van der Waals surface area contributed by atoms with Crippen molar-refractivity contribution in [2.75, 3.05) is 38.2 Å². The minimum Gasteiger partial charge on any atom is -0.497 e. The van der Waals surface area contributed by atoms with Crippen LogP contribution in [-0.4, -0.2) is 48.3 Å². The van der Waals surface area contributed by atoms with Crippen LogP contribution in [0.5, 0.6) is 5.75 Å². The number of amides is 1. The number of halogens is 1. The highest BCUT2D eigenvalue weighted by Crippen LogP contribution is 2.22. The van der Waals surface area contributed by atoms with Crippen LogP contribution < -0.4 is 9.64 Å². The van der Waals surface area contributed by atoms with Gasteiger partial charge in [0.05, 0.1) is 23.7 Å². The van der Waals surface area contributed by atoms with Gasteiger partial charge in [0.25, 0.3) is 5.91 Å². The van der Waals surface area contributed by atoms with Crippen LogP contribution in [0.3, 0.4) is 0 Å². The van der Waals surface area contributed by atoms with Gasteiger partial charge >= 0.3 is 0 Å². The summed E-state index contributed by atoms with van der Waals surface area (Å²) < 4.78 is 23.5. The zero-order chi connectivity index (χ0) is 21.8. The Morgan fingerprint density at radius 2 is 1.81 bits per heavy atom. The molecule has 162 valence electrons. The second-order valence-corrected chi connectivity index (χ2v) is 9.08. The fraction of sp³-hybridized carbons (Fsp3) is 0.261. The highest BCUT2D eigenvalue weighted by Gasteiger charge is 2.24. The van der Waals surface area contributed by atoms with Gasteiger partial charge in [-0.1, -0.05) is 17.7 Å². The van der Waals surface area contributed by atoms with E-state index in [1.54, 1.807) is 48.4 Å². The van der Waals surface area contributed by atoms with Crippen molar-refractivity contribution in [3.63, 3.8) is 0 Å². The molecule has 31 heavy (non-hydrogen) atoms. The van der Waals surface area contributed by atoms with E-state index in [0.717, 1.165) is 24.5 Å². The van der Waals surface area contributed by atoms with Crippen molar-refractivity contribution in [3.8, 4) is 5.75 Å². The molecule has 1 aromatic heterocycles. The Balaban J connectivity index is 1.34. The van der Waals surface area contributed by atoms with Crippen molar-refractivity contribution in [1.29, 1.82) is 0 Å². The number of anilines is 1. The predicted molar refractivity (Wildman–Crippen MR) is 121 cm³/mol. The van der Waals surface area contributed by atoms with Crippen LogP contribution in [0.1, 0.15) is 16.3 Å². The van der Waals surface area contributed by atoms with Gasteiger partial charge in [-0.25, -0.2) is 0 Å². The van der Waals surface area contributed by atoms with E-state index in [0.29, 0.717) is 28.8 Å². The van der Waals surface area contributed by atoms with Gasteiger partial charge in [-0.3, -0.25) is 9.00 Å². The number of carbonyl (C=O) groups excluding carboxylic acids is 1. The molecule has 4 rings (SSSR count). The van der Waals surface area contributed by atoms with Crippen LogP contribution in [0.25, 0.3) is 0 Å². The molecule has 6 nitrogen and oxygen atoms in total. The largest absolute Gasteiger partial charge is 0.497 e. The summed E-state index contributed by atoms with van der Waals surface area (Å²) in [6.07, 6.45) is 0. The summed E-state index contributed by atoms with van der Waals surface area (Å²) >= 11 is 5.97. The van der Waals surface area contributed by atoms with Gasteiger partial charge in [0.15, 0.2) is 5.76 Å². The number of methoxy groups -OCH3 is 1. The number of piperazine rings is 1. The average molecular weight is 459 g/mol. The van der Waals surface area contributed by atoms with Crippen LogP contribution in [0.2, 0.25) is 5.02 Å². The molecule has 1 fully saturated rings. The Morgan fingerprint density at radius 3 is 2.48 bits per heavy atom.